The summed E-state index contributed by atoms with van der Waals surface area (Å²) in [4.78, 5) is 18.2. The van der Waals surface area contributed by atoms with Gasteiger partial charge < -0.3 is 10.2 Å². The third-order valence-electron chi connectivity index (χ3n) is 4.29. The third-order valence-corrected chi connectivity index (χ3v) is 7.10. The van der Waals surface area contributed by atoms with Crippen LogP contribution in [0.15, 0.2) is 29.3 Å². The first-order chi connectivity index (χ1) is 10.4. The lowest BCUT2D eigenvalue weighted by atomic mass is 10.0. The number of phenolic OH excluding ortho intramolecular Hbond substituents is 1. The summed E-state index contributed by atoms with van der Waals surface area (Å²) in [5, 5.41) is 20.3. The van der Waals surface area contributed by atoms with Crippen molar-refractivity contribution in [1.82, 2.24) is 4.90 Å². The molecule has 2 aliphatic rings. The van der Waals surface area contributed by atoms with Gasteiger partial charge in [0, 0.05) is 17.1 Å². The zero-order valence-electron chi connectivity index (χ0n) is 12.4. The number of likely N-dealkylation sites (N-methyl/N-ethyl adjacent to an activating group) is 1. The molecule has 1 aromatic rings. The van der Waals surface area contributed by atoms with Crippen molar-refractivity contribution in [2.75, 3.05) is 18.6 Å². The molecule has 0 bridgehead atoms. The van der Waals surface area contributed by atoms with Gasteiger partial charge in [0.2, 0.25) is 0 Å². The fourth-order valence-electron chi connectivity index (χ4n) is 2.66. The van der Waals surface area contributed by atoms with E-state index in [1.807, 2.05) is 24.1 Å². The summed E-state index contributed by atoms with van der Waals surface area (Å²) in [5.74, 6) is 0.811. The van der Waals surface area contributed by atoms with Crippen LogP contribution >= 0.6 is 23.5 Å². The van der Waals surface area contributed by atoms with Crippen LogP contribution in [0.3, 0.4) is 0 Å². The third kappa shape index (κ3) is 2.51. The van der Waals surface area contributed by atoms with E-state index < -0.39 is 11.5 Å². The Morgan fingerprint density at radius 1 is 1.45 bits per heavy atom. The maximum Gasteiger partial charge on any atom is 0.324 e. The maximum atomic E-state index is 11.5. The summed E-state index contributed by atoms with van der Waals surface area (Å²) in [6.07, 6.45) is 0. The molecule has 1 fully saturated rings. The highest BCUT2D eigenvalue weighted by Gasteiger charge is 2.50. The number of aliphatic carboxylic acids is 1. The summed E-state index contributed by atoms with van der Waals surface area (Å²) in [7, 11) is 1.86. The normalized spacial score (nSPS) is 32.2. The first-order valence-electron chi connectivity index (χ1n) is 7.00. The van der Waals surface area contributed by atoms with E-state index >= 15 is 0 Å². The predicted molar refractivity (Wildman–Crippen MR) is 90.9 cm³/mol. The fourth-order valence-corrected chi connectivity index (χ4v) is 5.56. The van der Waals surface area contributed by atoms with Crippen molar-refractivity contribution in [3.8, 4) is 5.75 Å². The average Bonchev–Trinajstić information content (AvgIpc) is 3.07. The predicted octanol–water partition coefficient (Wildman–Crippen LogP) is 2.10. The minimum Gasteiger partial charge on any atom is -0.507 e. The van der Waals surface area contributed by atoms with E-state index in [0.29, 0.717) is 5.75 Å². The average molecular weight is 338 g/mol. The summed E-state index contributed by atoms with van der Waals surface area (Å²) < 4.78 is 0. The van der Waals surface area contributed by atoms with Gasteiger partial charge in [-0.25, -0.2) is 0 Å². The fraction of sp³-hybridized carbons (Fsp3) is 0.467. The molecule has 22 heavy (non-hydrogen) atoms. The van der Waals surface area contributed by atoms with Crippen molar-refractivity contribution < 1.29 is 15.0 Å². The number of rotatable bonds is 3. The van der Waals surface area contributed by atoms with E-state index in [1.54, 1.807) is 42.6 Å². The Bertz CT molecular complexity index is 637. The zero-order chi connectivity index (χ0) is 15.9. The molecular formula is C15H18N2O3S2. The van der Waals surface area contributed by atoms with Crippen LogP contribution in [0.25, 0.3) is 0 Å². The largest absolute Gasteiger partial charge is 0.507 e. The van der Waals surface area contributed by atoms with Crippen LogP contribution in [0.2, 0.25) is 0 Å². The lowest BCUT2D eigenvalue weighted by Gasteiger charge is -2.31. The van der Waals surface area contributed by atoms with E-state index in [0.717, 1.165) is 16.4 Å². The summed E-state index contributed by atoms with van der Waals surface area (Å²) in [5.41, 5.74) is -0.0886. The smallest absolute Gasteiger partial charge is 0.324 e. The molecule has 2 aliphatic heterocycles. The molecule has 3 atom stereocenters. The van der Waals surface area contributed by atoms with Gasteiger partial charge in [0.05, 0.1) is 11.4 Å². The molecule has 0 unspecified atom stereocenters. The first kappa shape index (κ1) is 15.7. The van der Waals surface area contributed by atoms with Gasteiger partial charge >= 0.3 is 5.97 Å². The lowest BCUT2D eigenvalue weighted by Crippen LogP contribution is -2.52. The number of carbonyl (C=O) groups is 1. The lowest BCUT2D eigenvalue weighted by molar-refractivity contribution is -0.147. The van der Waals surface area contributed by atoms with Crippen LogP contribution in [0, 0.1) is 0 Å². The summed E-state index contributed by atoms with van der Waals surface area (Å²) in [6.45, 7) is 1.76. The summed E-state index contributed by atoms with van der Waals surface area (Å²) >= 11 is 3.26. The molecule has 3 rings (SSSR count). The van der Waals surface area contributed by atoms with Crippen LogP contribution in [0.5, 0.6) is 5.75 Å². The van der Waals surface area contributed by atoms with Crippen LogP contribution < -0.4 is 0 Å². The Kier molecular flexibility index (Phi) is 4.13. The number of carboxylic acids is 1. The molecule has 0 radical (unpaired) electrons. The van der Waals surface area contributed by atoms with Gasteiger partial charge in [0.15, 0.2) is 0 Å². The second kappa shape index (κ2) is 5.79. The molecule has 118 valence electrons. The maximum absolute atomic E-state index is 11.5. The number of benzene rings is 1. The van der Waals surface area contributed by atoms with Crippen molar-refractivity contribution in [1.29, 1.82) is 0 Å². The molecule has 2 N–H and O–H groups in total. The molecule has 7 heteroatoms. The van der Waals surface area contributed by atoms with E-state index in [1.165, 1.54) is 0 Å². The number of aromatic hydroxyl groups is 1. The Balaban J connectivity index is 1.81. The Hall–Kier alpha value is -1.18. The first-order valence-corrected chi connectivity index (χ1v) is 9.04. The highest BCUT2D eigenvalue weighted by molar-refractivity contribution is 8.14. The molecule has 1 aromatic carbocycles. The van der Waals surface area contributed by atoms with E-state index in [-0.39, 0.29) is 17.2 Å². The molecule has 0 aliphatic carbocycles. The number of nitrogens with zero attached hydrogens (tertiary/aromatic N) is 2. The molecule has 0 aromatic heterocycles. The number of para-hydroxylation sites is 1. The molecule has 0 spiro atoms. The van der Waals surface area contributed by atoms with Crippen molar-refractivity contribution in [3.05, 3.63) is 29.8 Å². The molecule has 0 amide bonds. The minimum absolute atomic E-state index is 0.0378. The highest BCUT2D eigenvalue weighted by Crippen LogP contribution is 2.41. The molecule has 5 nitrogen and oxygen atoms in total. The topological polar surface area (TPSA) is 73.1 Å². The monoisotopic (exact) mass is 338 g/mol. The van der Waals surface area contributed by atoms with Gasteiger partial charge in [-0.1, -0.05) is 12.1 Å². The molecular weight excluding hydrogens is 320 g/mol. The van der Waals surface area contributed by atoms with Crippen molar-refractivity contribution >= 4 is 34.5 Å². The van der Waals surface area contributed by atoms with Crippen LogP contribution in [-0.2, 0) is 4.79 Å². The number of thioether (sulfide) groups is 2. The van der Waals surface area contributed by atoms with Gasteiger partial charge in [-0.2, -0.15) is 0 Å². The second-order valence-corrected chi connectivity index (χ2v) is 7.83. The Morgan fingerprint density at radius 3 is 2.82 bits per heavy atom. The van der Waals surface area contributed by atoms with Crippen LogP contribution in [0.1, 0.15) is 12.5 Å². The van der Waals surface area contributed by atoms with Crippen LogP contribution in [0.4, 0.5) is 0 Å². The van der Waals surface area contributed by atoms with Crippen LogP contribution in [-0.4, -0.2) is 61.6 Å². The van der Waals surface area contributed by atoms with Gasteiger partial charge in [-0.15, -0.1) is 23.5 Å². The van der Waals surface area contributed by atoms with E-state index in [2.05, 4.69) is 0 Å². The Morgan fingerprint density at radius 2 is 2.18 bits per heavy atom. The highest BCUT2D eigenvalue weighted by atomic mass is 32.2. The number of phenols is 1. The zero-order valence-corrected chi connectivity index (χ0v) is 14.0. The second-order valence-electron chi connectivity index (χ2n) is 5.72. The van der Waals surface area contributed by atoms with Crippen molar-refractivity contribution in [3.63, 3.8) is 0 Å². The van der Waals surface area contributed by atoms with Gasteiger partial charge in [0.25, 0.3) is 0 Å². The number of carboxylic acid groups (broad SMARTS) is 1. The number of hydrogen-bond acceptors (Lipinski definition) is 6. The Labute approximate surface area is 137 Å². The minimum atomic E-state index is -0.840. The van der Waals surface area contributed by atoms with E-state index in [9.17, 15) is 15.0 Å². The number of hydrogen-bond donors (Lipinski definition) is 2. The van der Waals surface area contributed by atoms with Crippen molar-refractivity contribution in [2.24, 2.45) is 4.99 Å². The van der Waals surface area contributed by atoms with Gasteiger partial charge in [-0.3, -0.25) is 14.7 Å². The van der Waals surface area contributed by atoms with Gasteiger partial charge in [-0.05, 0) is 26.1 Å². The number of aliphatic imine (C=N–C) groups is 1. The van der Waals surface area contributed by atoms with Gasteiger partial charge in [0.1, 0.15) is 16.3 Å². The standard InChI is InChI=1S/C15H18N2O3S2/c1-15(14(19)20)8-22-13(17(15)2)10-7-21-12(16-10)9-5-3-4-6-11(9)18/h3-6,10,13,18H,7-8H2,1-2H3,(H,19,20)/t10-,13-,15-/m1/s1. The molecule has 1 saturated heterocycles. The summed E-state index contributed by atoms with van der Waals surface area (Å²) in [6, 6.07) is 7.22. The molecule has 0 saturated carbocycles. The van der Waals surface area contributed by atoms with E-state index in [4.69, 9.17) is 4.99 Å². The SMILES string of the molecule is CN1[C@@H]([C@H]2CSC(c3ccccc3O)=N2)SC[C@]1(C)C(=O)O. The molecule has 2 heterocycles. The van der Waals surface area contributed by atoms with Crippen molar-refractivity contribution in [2.45, 2.75) is 23.9 Å². The quantitative estimate of drug-likeness (QED) is 0.879.